The standard InChI is InChI=1S/C17H17BrN2O/c1-11(16-4-2-3-9-19-16)20-17(21)15-10-14(15)12-5-7-13(18)8-6-12/h2-9,11,14-15H,10H2,1H3,(H,20,21). The number of hydrogen-bond donors (Lipinski definition) is 1. The van der Waals surface area contributed by atoms with Gasteiger partial charge in [-0.25, -0.2) is 0 Å². The summed E-state index contributed by atoms with van der Waals surface area (Å²) in [4.78, 5) is 16.6. The van der Waals surface area contributed by atoms with Crippen LogP contribution < -0.4 is 5.32 Å². The van der Waals surface area contributed by atoms with Gasteiger partial charge < -0.3 is 5.32 Å². The minimum absolute atomic E-state index is 0.0510. The van der Waals surface area contributed by atoms with Crippen molar-refractivity contribution < 1.29 is 4.79 Å². The molecule has 21 heavy (non-hydrogen) atoms. The highest BCUT2D eigenvalue weighted by Crippen LogP contribution is 2.47. The third kappa shape index (κ3) is 3.32. The van der Waals surface area contributed by atoms with E-state index < -0.39 is 0 Å². The Bertz CT molecular complexity index is 627. The van der Waals surface area contributed by atoms with E-state index in [1.165, 1.54) is 5.56 Å². The monoisotopic (exact) mass is 344 g/mol. The zero-order chi connectivity index (χ0) is 14.8. The van der Waals surface area contributed by atoms with Gasteiger partial charge in [-0.3, -0.25) is 9.78 Å². The van der Waals surface area contributed by atoms with Crippen molar-refractivity contribution in [2.45, 2.75) is 25.3 Å². The SMILES string of the molecule is CC(NC(=O)C1CC1c1ccc(Br)cc1)c1ccccn1. The van der Waals surface area contributed by atoms with Crippen LogP contribution in [0, 0.1) is 5.92 Å². The Balaban J connectivity index is 1.59. The average Bonchev–Trinajstić information content (AvgIpc) is 3.29. The summed E-state index contributed by atoms with van der Waals surface area (Å²) in [6, 6.07) is 13.9. The lowest BCUT2D eigenvalue weighted by Gasteiger charge is -2.13. The van der Waals surface area contributed by atoms with E-state index in [1.807, 2.05) is 37.3 Å². The molecule has 1 fully saturated rings. The first-order valence-electron chi connectivity index (χ1n) is 7.12. The van der Waals surface area contributed by atoms with Crippen molar-refractivity contribution >= 4 is 21.8 Å². The Labute approximate surface area is 132 Å². The molecule has 3 rings (SSSR count). The quantitative estimate of drug-likeness (QED) is 0.915. The van der Waals surface area contributed by atoms with E-state index in [0.717, 1.165) is 16.6 Å². The van der Waals surface area contributed by atoms with Gasteiger partial charge in [-0.1, -0.05) is 34.1 Å². The predicted molar refractivity (Wildman–Crippen MR) is 85.8 cm³/mol. The normalized spacial score (nSPS) is 21.6. The lowest BCUT2D eigenvalue weighted by atomic mass is 10.1. The van der Waals surface area contributed by atoms with Gasteiger partial charge in [0.15, 0.2) is 0 Å². The molecule has 0 saturated heterocycles. The summed E-state index contributed by atoms with van der Waals surface area (Å²) in [6.07, 6.45) is 2.68. The molecule has 108 valence electrons. The fourth-order valence-corrected chi connectivity index (χ4v) is 2.85. The Hall–Kier alpha value is -1.68. The molecular weight excluding hydrogens is 328 g/mol. The second-order valence-electron chi connectivity index (χ2n) is 5.49. The van der Waals surface area contributed by atoms with Gasteiger partial charge in [0.2, 0.25) is 5.91 Å². The number of pyridine rings is 1. The number of carbonyl (C=O) groups is 1. The van der Waals surface area contributed by atoms with Crippen molar-refractivity contribution in [3.63, 3.8) is 0 Å². The molecule has 1 heterocycles. The maximum Gasteiger partial charge on any atom is 0.224 e. The summed E-state index contributed by atoms with van der Waals surface area (Å²) in [7, 11) is 0. The highest BCUT2D eigenvalue weighted by atomic mass is 79.9. The maximum atomic E-state index is 12.3. The van der Waals surface area contributed by atoms with Crippen LogP contribution in [0.4, 0.5) is 0 Å². The maximum absolute atomic E-state index is 12.3. The van der Waals surface area contributed by atoms with Crippen LogP contribution in [0.5, 0.6) is 0 Å². The predicted octanol–water partition coefficient (Wildman–Crippen LogP) is 3.83. The van der Waals surface area contributed by atoms with E-state index in [4.69, 9.17) is 0 Å². The molecule has 1 saturated carbocycles. The van der Waals surface area contributed by atoms with Crippen LogP contribution >= 0.6 is 15.9 Å². The van der Waals surface area contributed by atoms with E-state index in [-0.39, 0.29) is 17.9 Å². The highest BCUT2D eigenvalue weighted by molar-refractivity contribution is 9.10. The van der Waals surface area contributed by atoms with Gasteiger partial charge in [0, 0.05) is 16.6 Å². The van der Waals surface area contributed by atoms with Gasteiger partial charge in [-0.05, 0) is 49.1 Å². The average molecular weight is 345 g/mol. The molecule has 0 radical (unpaired) electrons. The molecule has 1 N–H and O–H groups in total. The number of carbonyl (C=O) groups excluding carboxylic acids is 1. The molecule has 2 aromatic rings. The summed E-state index contributed by atoms with van der Waals surface area (Å²) in [5.74, 6) is 0.576. The Kier molecular flexibility index (Phi) is 4.06. The van der Waals surface area contributed by atoms with Gasteiger partial charge in [0.05, 0.1) is 11.7 Å². The first kappa shape index (κ1) is 14.3. The van der Waals surface area contributed by atoms with E-state index in [1.54, 1.807) is 6.20 Å². The molecule has 1 amide bonds. The van der Waals surface area contributed by atoms with Crippen LogP contribution in [0.2, 0.25) is 0 Å². The summed E-state index contributed by atoms with van der Waals surface area (Å²) < 4.78 is 1.07. The van der Waals surface area contributed by atoms with Crippen molar-refractivity contribution in [2.75, 3.05) is 0 Å². The topological polar surface area (TPSA) is 42.0 Å². The summed E-state index contributed by atoms with van der Waals surface area (Å²) >= 11 is 3.43. The zero-order valence-electron chi connectivity index (χ0n) is 11.8. The summed E-state index contributed by atoms with van der Waals surface area (Å²) in [6.45, 7) is 1.97. The van der Waals surface area contributed by atoms with Crippen LogP contribution in [0.15, 0.2) is 53.1 Å². The molecule has 1 aliphatic rings. The van der Waals surface area contributed by atoms with Gasteiger partial charge in [0.1, 0.15) is 0 Å². The lowest BCUT2D eigenvalue weighted by Crippen LogP contribution is -2.28. The summed E-state index contributed by atoms with van der Waals surface area (Å²) in [5, 5.41) is 3.06. The second kappa shape index (κ2) is 5.98. The Morgan fingerprint density at radius 1 is 1.29 bits per heavy atom. The largest absolute Gasteiger partial charge is 0.348 e. The number of nitrogens with one attached hydrogen (secondary N) is 1. The molecule has 1 aliphatic carbocycles. The molecule has 3 nitrogen and oxygen atoms in total. The highest BCUT2D eigenvalue weighted by Gasteiger charge is 2.44. The smallest absolute Gasteiger partial charge is 0.224 e. The van der Waals surface area contributed by atoms with Crippen molar-refractivity contribution in [3.8, 4) is 0 Å². The lowest BCUT2D eigenvalue weighted by molar-refractivity contribution is -0.123. The first-order valence-corrected chi connectivity index (χ1v) is 7.91. The van der Waals surface area contributed by atoms with Crippen molar-refractivity contribution in [1.82, 2.24) is 10.3 Å². The Morgan fingerprint density at radius 3 is 2.71 bits per heavy atom. The van der Waals surface area contributed by atoms with E-state index in [9.17, 15) is 4.79 Å². The van der Waals surface area contributed by atoms with Crippen LogP contribution in [0.1, 0.15) is 36.6 Å². The number of hydrogen-bond acceptors (Lipinski definition) is 2. The fraction of sp³-hybridized carbons (Fsp3) is 0.294. The van der Waals surface area contributed by atoms with Crippen LogP contribution in [-0.2, 0) is 4.79 Å². The molecule has 0 spiro atoms. The first-order chi connectivity index (χ1) is 10.1. The van der Waals surface area contributed by atoms with E-state index >= 15 is 0 Å². The number of amides is 1. The van der Waals surface area contributed by atoms with E-state index in [0.29, 0.717) is 5.92 Å². The van der Waals surface area contributed by atoms with Crippen LogP contribution in [0.3, 0.4) is 0 Å². The number of halogens is 1. The molecule has 3 atom stereocenters. The number of benzene rings is 1. The summed E-state index contributed by atoms with van der Waals surface area (Å²) in [5.41, 5.74) is 2.13. The minimum Gasteiger partial charge on any atom is -0.348 e. The molecule has 0 aliphatic heterocycles. The molecule has 1 aromatic heterocycles. The fourth-order valence-electron chi connectivity index (χ4n) is 2.59. The minimum atomic E-state index is -0.0510. The molecule has 4 heteroatoms. The molecule has 0 bridgehead atoms. The third-order valence-electron chi connectivity index (χ3n) is 3.92. The third-order valence-corrected chi connectivity index (χ3v) is 4.44. The number of nitrogens with zero attached hydrogens (tertiary/aromatic N) is 1. The van der Waals surface area contributed by atoms with Gasteiger partial charge in [-0.2, -0.15) is 0 Å². The molecule has 3 unspecified atom stereocenters. The second-order valence-corrected chi connectivity index (χ2v) is 6.40. The zero-order valence-corrected chi connectivity index (χ0v) is 13.4. The van der Waals surface area contributed by atoms with E-state index in [2.05, 4.69) is 38.4 Å². The molecule has 1 aromatic carbocycles. The number of aromatic nitrogens is 1. The van der Waals surface area contributed by atoms with Crippen molar-refractivity contribution in [2.24, 2.45) is 5.92 Å². The number of rotatable bonds is 4. The van der Waals surface area contributed by atoms with Crippen molar-refractivity contribution in [3.05, 3.63) is 64.4 Å². The van der Waals surface area contributed by atoms with Crippen LogP contribution in [-0.4, -0.2) is 10.9 Å². The van der Waals surface area contributed by atoms with Crippen LogP contribution in [0.25, 0.3) is 0 Å². The Morgan fingerprint density at radius 2 is 2.05 bits per heavy atom. The van der Waals surface area contributed by atoms with Crippen molar-refractivity contribution in [1.29, 1.82) is 0 Å². The van der Waals surface area contributed by atoms with Gasteiger partial charge >= 0.3 is 0 Å². The van der Waals surface area contributed by atoms with Gasteiger partial charge in [-0.15, -0.1) is 0 Å². The molecular formula is C17H17BrN2O. The van der Waals surface area contributed by atoms with Gasteiger partial charge in [0.25, 0.3) is 0 Å².